The third kappa shape index (κ3) is 5.10. The zero-order valence-electron chi connectivity index (χ0n) is 23.3. The van der Waals surface area contributed by atoms with Crippen molar-refractivity contribution in [3.63, 3.8) is 0 Å². The zero-order chi connectivity index (χ0) is 29.5. The van der Waals surface area contributed by atoms with E-state index in [1.165, 1.54) is 12.1 Å². The molecule has 0 saturated carbocycles. The summed E-state index contributed by atoms with van der Waals surface area (Å²) in [6.45, 7) is 7.04. The molecule has 7 heteroatoms. The number of hydrogen-bond donors (Lipinski definition) is 1. The molecule has 0 amide bonds. The van der Waals surface area contributed by atoms with E-state index in [1.807, 2.05) is 65.4 Å². The van der Waals surface area contributed by atoms with Crippen LogP contribution >= 0.6 is 0 Å². The summed E-state index contributed by atoms with van der Waals surface area (Å²) in [4.78, 5) is 0. The first-order chi connectivity index (χ1) is 20.2. The molecule has 0 unspecified atom stereocenters. The van der Waals surface area contributed by atoms with E-state index in [-0.39, 0.29) is 6.04 Å². The van der Waals surface area contributed by atoms with Crippen molar-refractivity contribution >= 4 is 10.9 Å². The quantitative estimate of drug-likeness (QED) is 0.153. The highest BCUT2D eigenvalue weighted by Crippen LogP contribution is 2.48. The topological polar surface area (TPSA) is 47.9 Å². The van der Waals surface area contributed by atoms with Gasteiger partial charge in [-0.1, -0.05) is 48.5 Å². The largest absolute Gasteiger partial charge is 0.416 e. The third-order valence-electron chi connectivity index (χ3n) is 9.57. The fourth-order valence-electron chi connectivity index (χ4n) is 7.40. The fourth-order valence-corrected chi connectivity index (χ4v) is 7.40. The molecule has 3 aromatic carbocycles. The molecule has 3 aliphatic heterocycles. The lowest BCUT2D eigenvalue weighted by Crippen LogP contribution is -2.67. The summed E-state index contributed by atoms with van der Waals surface area (Å²) in [5.41, 5.74) is 3.55. The van der Waals surface area contributed by atoms with Crippen LogP contribution in [0.4, 0.5) is 13.2 Å². The second-order valence-corrected chi connectivity index (χ2v) is 11.9. The Kier molecular flexibility index (Phi) is 7.38. The number of para-hydroxylation sites is 1. The summed E-state index contributed by atoms with van der Waals surface area (Å²) in [5.74, 6) is 0.836. The normalized spacial score (nSPS) is 24.3. The number of aliphatic hydroxyl groups excluding tert-OH is 1. The zero-order valence-corrected chi connectivity index (χ0v) is 23.3. The van der Waals surface area contributed by atoms with Crippen LogP contribution in [0.2, 0.25) is 0 Å². The summed E-state index contributed by atoms with van der Waals surface area (Å²) < 4.78 is 41.9. The van der Waals surface area contributed by atoms with Crippen LogP contribution in [0.15, 0.2) is 97.7 Å². The Bertz CT molecular complexity index is 1660. The Morgan fingerprint density at radius 1 is 1.05 bits per heavy atom. The van der Waals surface area contributed by atoms with Crippen LogP contribution < -0.4 is 4.57 Å². The molecule has 4 nitrogen and oxygen atoms in total. The first-order valence-electron chi connectivity index (χ1n) is 14.4. The van der Waals surface area contributed by atoms with Crippen LogP contribution in [0, 0.1) is 23.2 Å². The van der Waals surface area contributed by atoms with Gasteiger partial charge in [-0.3, -0.25) is 0 Å². The van der Waals surface area contributed by atoms with Gasteiger partial charge < -0.3 is 9.59 Å². The lowest BCUT2D eigenvalue weighted by molar-refractivity contribution is -0.985. The number of hydrogen-bond acceptors (Lipinski definition) is 2. The van der Waals surface area contributed by atoms with Crippen molar-refractivity contribution < 1.29 is 27.3 Å². The molecule has 5 atom stereocenters. The summed E-state index contributed by atoms with van der Waals surface area (Å²) in [6, 6.07) is 25.2. The van der Waals surface area contributed by atoms with E-state index in [1.54, 1.807) is 0 Å². The van der Waals surface area contributed by atoms with Gasteiger partial charge in [-0.2, -0.15) is 23.0 Å². The molecule has 214 valence electrons. The predicted molar refractivity (Wildman–Crippen MR) is 155 cm³/mol. The van der Waals surface area contributed by atoms with Gasteiger partial charge in [0.1, 0.15) is 18.7 Å². The Balaban J connectivity index is 1.35. The van der Waals surface area contributed by atoms with E-state index in [0.29, 0.717) is 35.0 Å². The molecule has 4 heterocycles. The molecule has 3 fully saturated rings. The molecule has 1 aromatic heterocycles. The molecule has 3 saturated heterocycles. The van der Waals surface area contributed by atoms with Gasteiger partial charge in [-0.05, 0) is 30.2 Å². The SMILES string of the molecule is C=C[C@H]1C[N@+]2(Cc3ccccc3C#N)CC[C@H]1C[C@H]2[C@H](O)c1cc[n+](Cc2ccc(C(F)(F)F)cc2)c2ccccc12. The van der Waals surface area contributed by atoms with Crippen molar-refractivity contribution in [3.05, 3.63) is 126 Å². The molecule has 0 aliphatic carbocycles. The maximum absolute atomic E-state index is 13.1. The second kappa shape index (κ2) is 11.0. The molecule has 4 aromatic rings. The predicted octanol–water partition coefficient (Wildman–Crippen LogP) is 6.71. The first-order valence-corrected chi connectivity index (χ1v) is 14.4. The number of quaternary nitrogens is 1. The van der Waals surface area contributed by atoms with Gasteiger partial charge in [0.05, 0.1) is 35.7 Å². The van der Waals surface area contributed by atoms with Gasteiger partial charge in [0.2, 0.25) is 5.52 Å². The number of fused-ring (bicyclic) bond motifs is 4. The minimum Gasteiger partial charge on any atom is -0.382 e. The number of rotatable bonds is 7. The standard InChI is InChI=1S/C35H34F3N3O/c1-2-25-22-41(23-28-8-4-3-7-27(28)20-39)18-16-26(25)19-33(41)34(42)31-15-17-40(32-10-6-5-9-30(31)32)21-24-11-13-29(14-12-24)35(36,37)38/h2-15,17,25-26,33-34,42H,1,16,18-19,21-23H2/q+2/t25-,26-,33-,34+,41-/m0/s1. The molecular weight excluding hydrogens is 535 g/mol. The summed E-state index contributed by atoms with van der Waals surface area (Å²) >= 11 is 0. The number of piperidine rings is 3. The van der Waals surface area contributed by atoms with Crippen LogP contribution in [0.5, 0.6) is 0 Å². The molecule has 3 aliphatic rings. The molecule has 7 rings (SSSR count). The van der Waals surface area contributed by atoms with Gasteiger partial charge in [0, 0.05) is 47.6 Å². The number of benzene rings is 3. The molecular formula is C35H34F3N3O+2. The summed E-state index contributed by atoms with van der Waals surface area (Å²) in [7, 11) is 0. The van der Waals surface area contributed by atoms with Crippen molar-refractivity contribution in [2.75, 3.05) is 13.1 Å². The summed E-state index contributed by atoms with van der Waals surface area (Å²) in [6.07, 6.45) is 0.846. The lowest BCUT2D eigenvalue weighted by Gasteiger charge is -2.58. The number of nitriles is 1. The van der Waals surface area contributed by atoms with Gasteiger partial charge in [0.15, 0.2) is 12.7 Å². The highest BCUT2D eigenvalue weighted by Gasteiger charge is 2.54. The second-order valence-electron chi connectivity index (χ2n) is 11.9. The number of nitrogens with zero attached hydrogens (tertiary/aromatic N) is 3. The minimum absolute atomic E-state index is 0.0409. The van der Waals surface area contributed by atoms with Gasteiger partial charge in [0.25, 0.3) is 0 Å². The molecule has 1 N–H and O–H groups in total. The van der Waals surface area contributed by atoms with E-state index < -0.39 is 17.8 Å². The van der Waals surface area contributed by atoms with Crippen LogP contribution in [0.1, 0.15) is 46.8 Å². The van der Waals surface area contributed by atoms with Crippen molar-refractivity contribution in [1.29, 1.82) is 5.26 Å². The van der Waals surface area contributed by atoms with E-state index in [9.17, 15) is 23.5 Å². The van der Waals surface area contributed by atoms with Crippen LogP contribution in [-0.2, 0) is 19.3 Å². The van der Waals surface area contributed by atoms with Gasteiger partial charge >= 0.3 is 6.18 Å². The molecule has 42 heavy (non-hydrogen) atoms. The average molecular weight is 570 g/mol. The smallest absolute Gasteiger partial charge is 0.382 e. The Morgan fingerprint density at radius 3 is 2.52 bits per heavy atom. The maximum atomic E-state index is 13.1. The van der Waals surface area contributed by atoms with E-state index >= 15 is 0 Å². The third-order valence-corrected chi connectivity index (χ3v) is 9.57. The van der Waals surface area contributed by atoms with Crippen LogP contribution in [0.25, 0.3) is 10.9 Å². The number of pyridine rings is 1. The van der Waals surface area contributed by atoms with Crippen molar-refractivity contribution in [2.24, 2.45) is 11.8 Å². The number of aromatic nitrogens is 1. The van der Waals surface area contributed by atoms with E-state index in [4.69, 9.17) is 0 Å². The molecule has 0 radical (unpaired) electrons. The average Bonchev–Trinajstić information content (AvgIpc) is 3.01. The highest BCUT2D eigenvalue weighted by molar-refractivity contribution is 5.79. The van der Waals surface area contributed by atoms with Gasteiger partial charge in [-0.25, -0.2) is 0 Å². The van der Waals surface area contributed by atoms with Gasteiger partial charge in [-0.15, -0.1) is 6.58 Å². The Morgan fingerprint density at radius 2 is 1.79 bits per heavy atom. The number of alkyl halides is 3. The molecule has 0 spiro atoms. The van der Waals surface area contributed by atoms with E-state index in [0.717, 1.165) is 65.7 Å². The number of halogens is 3. The Labute approximate surface area is 244 Å². The maximum Gasteiger partial charge on any atom is 0.416 e. The first kappa shape index (κ1) is 28.1. The Hall–Kier alpha value is -3.99. The van der Waals surface area contributed by atoms with Crippen LogP contribution in [0.3, 0.4) is 0 Å². The van der Waals surface area contributed by atoms with Crippen molar-refractivity contribution in [1.82, 2.24) is 0 Å². The number of aliphatic hydroxyl groups is 1. The van der Waals surface area contributed by atoms with Crippen molar-refractivity contribution in [3.8, 4) is 6.07 Å². The van der Waals surface area contributed by atoms with Crippen LogP contribution in [-0.4, -0.2) is 28.7 Å². The fraction of sp³-hybridized carbons (Fsp3) is 0.314. The van der Waals surface area contributed by atoms with E-state index in [2.05, 4.69) is 18.7 Å². The summed E-state index contributed by atoms with van der Waals surface area (Å²) in [5, 5.41) is 22.9. The monoisotopic (exact) mass is 569 g/mol. The minimum atomic E-state index is -4.37. The highest BCUT2D eigenvalue weighted by atomic mass is 19.4. The van der Waals surface area contributed by atoms with Crippen molar-refractivity contribution in [2.45, 2.75) is 44.3 Å². The lowest BCUT2D eigenvalue weighted by atomic mass is 9.71. The molecule has 2 bridgehead atoms.